The third-order valence-corrected chi connectivity index (χ3v) is 10.6. The van der Waals surface area contributed by atoms with Gasteiger partial charge in [0.15, 0.2) is 23.9 Å². The van der Waals surface area contributed by atoms with Crippen molar-refractivity contribution in [2.75, 3.05) is 38.8 Å². The van der Waals surface area contributed by atoms with Crippen molar-refractivity contribution in [1.29, 1.82) is 0 Å². The van der Waals surface area contributed by atoms with Gasteiger partial charge in [-0.2, -0.15) is 4.73 Å². The number of piperidine rings is 3. The van der Waals surface area contributed by atoms with Crippen molar-refractivity contribution in [3.05, 3.63) is 103 Å². The molecule has 264 valence electrons. The van der Waals surface area contributed by atoms with Gasteiger partial charge in [-0.15, -0.1) is 11.3 Å². The molecule has 2 atom stereocenters. The number of hydrogen-bond acceptors (Lipinski definition) is 10. The van der Waals surface area contributed by atoms with Gasteiger partial charge < -0.3 is 29.3 Å². The van der Waals surface area contributed by atoms with Gasteiger partial charge in [-0.1, -0.05) is 29.3 Å². The van der Waals surface area contributed by atoms with Gasteiger partial charge in [0.1, 0.15) is 38.7 Å². The maximum atomic E-state index is 14.4. The molecule has 0 saturated carbocycles. The molecule has 3 aliphatic heterocycles. The van der Waals surface area contributed by atoms with Crippen LogP contribution in [0.3, 0.4) is 0 Å². The Morgan fingerprint density at radius 2 is 1.78 bits per heavy atom. The molecule has 2 bridgehead atoms. The monoisotopic (exact) mass is 745 g/mol. The first-order chi connectivity index (χ1) is 24.0. The number of fused-ring (bicyclic) bond motifs is 3. The lowest BCUT2D eigenvalue weighted by molar-refractivity contribution is -0.605. The Labute approximate surface area is 301 Å². The number of esters is 1. The highest BCUT2D eigenvalue weighted by Gasteiger charge is 2.38. The lowest BCUT2D eigenvalue weighted by Gasteiger charge is -2.44. The van der Waals surface area contributed by atoms with Crippen LogP contribution in [0.4, 0.5) is 14.9 Å². The second-order valence-corrected chi connectivity index (χ2v) is 14.1. The zero-order chi connectivity index (χ0) is 35.5. The van der Waals surface area contributed by atoms with Crippen molar-refractivity contribution in [2.45, 2.75) is 38.0 Å². The molecule has 3 aliphatic rings. The molecule has 7 rings (SSSR count). The van der Waals surface area contributed by atoms with Crippen molar-refractivity contribution in [3.8, 4) is 17.2 Å². The fourth-order valence-electron chi connectivity index (χ4n) is 6.32. The molecule has 3 fully saturated rings. The van der Waals surface area contributed by atoms with Crippen molar-refractivity contribution in [2.24, 2.45) is 5.92 Å². The number of rotatable bonds is 11. The number of pyridine rings is 1. The Balaban J connectivity index is 1.25. The first-order valence-corrected chi connectivity index (χ1v) is 17.4. The summed E-state index contributed by atoms with van der Waals surface area (Å²) in [6.45, 7) is 2.49. The topological polar surface area (TPSA) is 125 Å². The Bertz CT molecular complexity index is 1840. The maximum absolute atomic E-state index is 14.4. The van der Waals surface area contributed by atoms with E-state index < -0.39 is 24.0 Å². The standard InChI is InChI=1S/C35H34Cl2FN3O8S/c1-46-29-5-3-21(11-31(29)47-2)30(15-26-27(36)17-40(45)18-28(26)37)48-34(43)33-6-4-25(50-33)16-41(23-12-22(38)13-24(42)14-23)35(44)49-32-19-39-9-7-20(32)8-10-39/h3-6,11-14,17-18,20,30,32,42H,7-10,15-16,19H2,1-2H3/t30-,32-/m0/s1. The Hall–Kier alpha value is -4.30. The SMILES string of the molecule is COc1ccc([C@H](Cc2c(Cl)c[n+]([O-])cc2Cl)OC(=O)c2ccc(CN(C(=O)O[C@H]3CN4CCC3CC4)c3cc(O)cc(F)c3)s2)cc1OC. The number of carbonyl (C=O) groups is 2. The number of phenols is 1. The van der Waals surface area contributed by atoms with Gasteiger partial charge in [0.25, 0.3) is 0 Å². The van der Waals surface area contributed by atoms with Crippen LogP contribution in [-0.2, 0) is 22.4 Å². The minimum Gasteiger partial charge on any atom is -0.619 e. The van der Waals surface area contributed by atoms with E-state index >= 15 is 0 Å². The number of amides is 1. The summed E-state index contributed by atoms with van der Waals surface area (Å²) < 4.78 is 37.7. The van der Waals surface area contributed by atoms with Crippen LogP contribution in [0.25, 0.3) is 0 Å². The molecule has 0 unspecified atom stereocenters. The quantitative estimate of drug-likeness (QED) is 0.0989. The predicted molar refractivity (Wildman–Crippen MR) is 185 cm³/mol. The van der Waals surface area contributed by atoms with E-state index in [1.807, 2.05) is 0 Å². The molecule has 1 N–H and O–H groups in total. The minimum atomic E-state index is -0.923. The molecule has 3 saturated heterocycles. The van der Waals surface area contributed by atoms with Gasteiger partial charge in [0.2, 0.25) is 0 Å². The van der Waals surface area contributed by atoms with Crippen LogP contribution in [0.1, 0.15) is 44.6 Å². The lowest BCUT2D eigenvalue weighted by Crippen LogP contribution is -2.53. The van der Waals surface area contributed by atoms with E-state index in [4.69, 9.17) is 42.1 Å². The lowest BCUT2D eigenvalue weighted by atomic mass is 9.86. The highest BCUT2D eigenvalue weighted by Crippen LogP contribution is 2.37. The molecule has 0 aliphatic carbocycles. The first kappa shape index (κ1) is 35.5. The van der Waals surface area contributed by atoms with Crippen molar-refractivity contribution >= 4 is 52.3 Å². The number of halogens is 3. The van der Waals surface area contributed by atoms with E-state index in [0.29, 0.717) is 38.8 Å². The maximum Gasteiger partial charge on any atom is 0.414 e. The van der Waals surface area contributed by atoms with Crippen molar-refractivity contribution in [3.63, 3.8) is 0 Å². The molecule has 2 aromatic heterocycles. The molecule has 0 spiro atoms. The summed E-state index contributed by atoms with van der Waals surface area (Å²) in [6, 6.07) is 11.7. The van der Waals surface area contributed by atoms with Crippen LogP contribution >= 0.6 is 34.5 Å². The number of thiophene rings is 1. The smallest absolute Gasteiger partial charge is 0.414 e. The summed E-state index contributed by atoms with van der Waals surface area (Å²) in [6.07, 6.45) is 2.30. The third-order valence-electron chi connectivity index (χ3n) is 8.90. The number of anilines is 1. The fourth-order valence-corrected chi connectivity index (χ4v) is 7.80. The first-order valence-electron chi connectivity index (χ1n) is 15.8. The number of carbonyl (C=O) groups excluding carboxylic acids is 2. The largest absolute Gasteiger partial charge is 0.619 e. The minimum absolute atomic E-state index is 0.0280. The summed E-state index contributed by atoms with van der Waals surface area (Å²) in [4.78, 5) is 31.6. The van der Waals surface area contributed by atoms with Gasteiger partial charge in [-0.25, -0.2) is 14.0 Å². The summed E-state index contributed by atoms with van der Waals surface area (Å²) in [5.74, 6) is -0.624. The Morgan fingerprint density at radius 1 is 1.06 bits per heavy atom. The van der Waals surface area contributed by atoms with Crippen LogP contribution < -0.4 is 19.1 Å². The summed E-state index contributed by atoms with van der Waals surface area (Å²) in [5, 5.41) is 22.2. The second kappa shape index (κ2) is 15.3. The molecule has 0 radical (unpaired) electrons. The number of aromatic nitrogens is 1. The van der Waals surface area contributed by atoms with Gasteiger partial charge >= 0.3 is 12.1 Å². The highest BCUT2D eigenvalue weighted by atomic mass is 35.5. The van der Waals surface area contributed by atoms with Crippen LogP contribution in [0.5, 0.6) is 17.2 Å². The van der Waals surface area contributed by atoms with Crippen molar-refractivity contribution in [1.82, 2.24) is 4.90 Å². The van der Waals surface area contributed by atoms with E-state index in [9.17, 15) is 24.3 Å². The number of methoxy groups -OCH3 is 2. The molecule has 15 heteroatoms. The van der Waals surface area contributed by atoms with Crippen LogP contribution in [0.2, 0.25) is 10.0 Å². The number of aromatic hydroxyl groups is 1. The molecule has 5 heterocycles. The summed E-state index contributed by atoms with van der Waals surface area (Å²) in [7, 11) is 2.98. The van der Waals surface area contributed by atoms with Gasteiger partial charge in [0.05, 0.1) is 26.5 Å². The summed E-state index contributed by atoms with van der Waals surface area (Å²) in [5.41, 5.74) is 1.05. The normalized spacial score (nSPS) is 18.7. The van der Waals surface area contributed by atoms with Gasteiger partial charge in [0, 0.05) is 35.5 Å². The van der Waals surface area contributed by atoms with Crippen LogP contribution in [0.15, 0.2) is 60.9 Å². The highest BCUT2D eigenvalue weighted by molar-refractivity contribution is 7.14. The number of benzene rings is 2. The van der Waals surface area contributed by atoms with E-state index in [2.05, 4.69) is 4.90 Å². The van der Waals surface area contributed by atoms with Crippen LogP contribution in [-0.4, -0.2) is 62.0 Å². The zero-order valence-corrected chi connectivity index (χ0v) is 29.5. The molecule has 11 nitrogen and oxygen atoms in total. The number of ether oxygens (including phenoxy) is 4. The predicted octanol–water partition coefficient (Wildman–Crippen LogP) is 6.93. The summed E-state index contributed by atoms with van der Waals surface area (Å²) >= 11 is 13.8. The molecule has 4 aromatic rings. The zero-order valence-electron chi connectivity index (χ0n) is 27.1. The van der Waals surface area contributed by atoms with E-state index in [1.54, 1.807) is 30.3 Å². The van der Waals surface area contributed by atoms with E-state index in [1.165, 1.54) is 25.2 Å². The average molecular weight is 747 g/mol. The van der Waals surface area contributed by atoms with Crippen molar-refractivity contribution < 1.29 is 42.8 Å². The number of nitrogens with zero attached hydrogens (tertiary/aromatic N) is 3. The van der Waals surface area contributed by atoms with Gasteiger partial charge in [-0.05, 0) is 67.7 Å². The number of phenolic OH excluding ortho intramolecular Hbond substituents is 1. The molecular formula is C35H34Cl2FN3O8S. The molecule has 50 heavy (non-hydrogen) atoms. The average Bonchev–Trinajstić information content (AvgIpc) is 3.57. The molecule has 2 aromatic carbocycles. The van der Waals surface area contributed by atoms with E-state index in [0.717, 1.165) is 61.8 Å². The fraction of sp³-hybridized carbons (Fsp3) is 0.343. The number of hydrogen-bond donors (Lipinski definition) is 1. The molecule has 1 amide bonds. The van der Waals surface area contributed by atoms with Crippen LogP contribution in [0, 0.1) is 16.9 Å². The second-order valence-electron chi connectivity index (χ2n) is 12.1. The van der Waals surface area contributed by atoms with E-state index in [-0.39, 0.29) is 51.3 Å². The molecular weight excluding hydrogens is 712 g/mol. The Morgan fingerprint density at radius 3 is 2.42 bits per heavy atom. The third kappa shape index (κ3) is 8.02. The Kier molecular flexibility index (Phi) is 10.9. The van der Waals surface area contributed by atoms with Gasteiger partial charge in [-0.3, -0.25) is 9.80 Å².